The first kappa shape index (κ1) is 54.5. The summed E-state index contributed by atoms with van der Waals surface area (Å²) in [5, 5.41) is 26.4. The van der Waals surface area contributed by atoms with Crippen LogP contribution in [0.4, 0.5) is 34.1 Å². The first-order valence-electron chi connectivity index (χ1n) is 21.5. The van der Waals surface area contributed by atoms with Crippen molar-refractivity contribution in [2.45, 2.75) is 70.3 Å². The second-order valence-corrected chi connectivity index (χ2v) is 17.7. The Labute approximate surface area is 428 Å². The normalized spacial score (nSPS) is 13.0. The molecular formula is C49H47Cl5N8O8. The van der Waals surface area contributed by atoms with E-state index in [1.807, 2.05) is 13.8 Å². The van der Waals surface area contributed by atoms with Gasteiger partial charge in [0, 0.05) is 40.8 Å². The SMILES string of the molecule is CCOc1cc(NC(=O)c2cc(N=NC(C(C)=O)C(=O)Nc3ccc(NC(=O)C(N=Nc4ccc(Cl)c(C(=O)Nc5cc(OCC)cc(C(C)Cl)c5)c4)C(C)=O)c(CCl)c3)ccc2Cl)cc(C(C)Cl)c1. The minimum absolute atomic E-state index is 0.0380. The number of rotatable bonds is 21. The van der Waals surface area contributed by atoms with E-state index in [0.717, 1.165) is 25.0 Å². The highest BCUT2D eigenvalue weighted by molar-refractivity contribution is 6.35. The second kappa shape index (κ2) is 25.4. The predicted molar refractivity (Wildman–Crippen MR) is 274 cm³/mol. The van der Waals surface area contributed by atoms with Crippen LogP contribution in [0.1, 0.15) is 89.7 Å². The van der Waals surface area contributed by atoms with Gasteiger partial charge in [0.05, 0.1) is 56.5 Å². The number of halogens is 5. The summed E-state index contributed by atoms with van der Waals surface area (Å²) in [7, 11) is 0. The van der Waals surface area contributed by atoms with Crippen LogP contribution in [0.3, 0.4) is 0 Å². The Morgan fingerprint density at radius 3 is 1.40 bits per heavy atom. The largest absolute Gasteiger partial charge is 0.494 e. The Morgan fingerprint density at radius 1 is 0.557 bits per heavy atom. The lowest BCUT2D eigenvalue weighted by Crippen LogP contribution is -2.32. The number of carbonyl (C=O) groups is 6. The monoisotopic (exact) mass is 1050 g/mol. The fraction of sp³-hybridized carbons (Fsp3) is 0.265. The van der Waals surface area contributed by atoms with Gasteiger partial charge in [-0.1, -0.05) is 23.2 Å². The van der Waals surface area contributed by atoms with Crippen LogP contribution >= 0.6 is 58.0 Å². The van der Waals surface area contributed by atoms with Gasteiger partial charge in [0.15, 0.2) is 11.6 Å². The summed E-state index contributed by atoms with van der Waals surface area (Å²) in [5.41, 5.74) is 3.29. The van der Waals surface area contributed by atoms with E-state index in [9.17, 15) is 28.8 Å². The predicted octanol–water partition coefficient (Wildman–Crippen LogP) is 13.0. The lowest BCUT2D eigenvalue weighted by Gasteiger charge is -2.15. The van der Waals surface area contributed by atoms with Crippen molar-refractivity contribution in [1.29, 1.82) is 0 Å². The maximum absolute atomic E-state index is 13.5. The number of carbonyl (C=O) groups excluding carboxylic acids is 6. The van der Waals surface area contributed by atoms with Gasteiger partial charge in [-0.15, -0.1) is 34.8 Å². The fourth-order valence-electron chi connectivity index (χ4n) is 6.44. The van der Waals surface area contributed by atoms with Crippen LogP contribution in [-0.4, -0.2) is 60.5 Å². The molecule has 0 aromatic heterocycles. The van der Waals surface area contributed by atoms with Crippen molar-refractivity contribution in [3.05, 3.63) is 129 Å². The van der Waals surface area contributed by atoms with Crippen molar-refractivity contribution >= 4 is 127 Å². The van der Waals surface area contributed by atoms with E-state index in [0.29, 0.717) is 41.7 Å². The molecular weight excluding hydrogens is 1010 g/mol. The lowest BCUT2D eigenvalue weighted by molar-refractivity contribution is -0.127. The molecule has 4 unspecified atom stereocenters. The van der Waals surface area contributed by atoms with Gasteiger partial charge in [0.25, 0.3) is 23.6 Å². The summed E-state index contributed by atoms with van der Waals surface area (Å²) in [5.74, 6) is -3.27. The molecule has 0 saturated heterocycles. The molecule has 4 atom stereocenters. The number of hydrogen-bond donors (Lipinski definition) is 4. The van der Waals surface area contributed by atoms with Gasteiger partial charge < -0.3 is 30.7 Å². The first-order valence-corrected chi connectivity index (χ1v) is 23.7. The average molecular weight is 1050 g/mol. The van der Waals surface area contributed by atoms with E-state index >= 15 is 0 Å². The van der Waals surface area contributed by atoms with E-state index in [2.05, 4.69) is 41.7 Å². The molecule has 0 saturated carbocycles. The molecule has 4 N–H and O–H groups in total. The Hall–Kier alpha value is -6.43. The standard InChI is InChI=1S/C49H47Cl5N8O8/c1-7-69-37-18-29(25(3)51)15-35(20-37)56-46(65)39-22-33(9-12-41(39)53)59-61-44(27(5)63)48(67)55-32-11-14-43(31(17-32)24-50)58-49(68)45(28(6)64)62-60-34-10-13-42(54)40(23-34)47(66)57-36-16-30(26(4)52)19-38(21-36)70-8-2/h9-23,25-26,44-45H,7-8,24H2,1-6H3,(H,55,67)(H,56,65)(H,57,66)(H,58,68). The number of alkyl halides is 3. The Morgan fingerprint density at radius 2 is 1.00 bits per heavy atom. The number of amides is 4. The Kier molecular flexibility index (Phi) is 19.8. The maximum atomic E-state index is 13.5. The van der Waals surface area contributed by atoms with Gasteiger partial charge in [-0.3, -0.25) is 28.8 Å². The number of anilines is 4. The van der Waals surface area contributed by atoms with Crippen LogP contribution in [-0.2, 0) is 25.1 Å². The van der Waals surface area contributed by atoms with Gasteiger partial charge in [0.1, 0.15) is 11.5 Å². The first-order chi connectivity index (χ1) is 33.3. The summed E-state index contributed by atoms with van der Waals surface area (Å²) < 4.78 is 11.2. The third-order valence-electron chi connectivity index (χ3n) is 9.92. The van der Waals surface area contributed by atoms with Crippen LogP contribution < -0.4 is 30.7 Å². The Bertz CT molecular complexity index is 2860. The second-order valence-electron chi connectivity index (χ2n) is 15.4. The van der Waals surface area contributed by atoms with Gasteiger partial charge >= 0.3 is 0 Å². The number of nitrogens with zero attached hydrogens (tertiary/aromatic N) is 4. The summed E-state index contributed by atoms with van der Waals surface area (Å²) >= 11 is 31.6. The third kappa shape index (κ3) is 15.0. The van der Waals surface area contributed by atoms with Gasteiger partial charge in [-0.05, 0) is 137 Å². The molecule has 0 spiro atoms. The zero-order chi connectivity index (χ0) is 51.2. The van der Waals surface area contributed by atoms with Crippen molar-refractivity contribution in [2.75, 3.05) is 34.5 Å². The summed E-state index contributed by atoms with van der Waals surface area (Å²) in [6.45, 7) is 10.3. The van der Waals surface area contributed by atoms with Gasteiger partial charge in [-0.2, -0.15) is 20.5 Å². The van der Waals surface area contributed by atoms with E-state index in [4.69, 9.17) is 67.5 Å². The van der Waals surface area contributed by atoms with Crippen molar-refractivity contribution in [3.63, 3.8) is 0 Å². The molecule has 16 nitrogen and oxygen atoms in total. The van der Waals surface area contributed by atoms with Gasteiger partial charge in [0.2, 0.25) is 12.1 Å². The van der Waals surface area contributed by atoms with Crippen molar-refractivity contribution < 1.29 is 38.2 Å². The topological polar surface area (TPSA) is 218 Å². The van der Waals surface area contributed by atoms with E-state index < -0.39 is 47.3 Å². The third-order valence-corrected chi connectivity index (χ3v) is 11.4. The number of benzene rings is 5. The molecule has 5 rings (SSSR count). The molecule has 70 heavy (non-hydrogen) atoms. The maximum Gasteiger partial charge on any atom is 0.258 e. The van der Waals surface area contributed by atoms with Crippen molar-refractivity contribution in [2.24, 2.45) is 20.5 Å². The molecule has 0 heterocycles. The summed E-state index contributed by atoms with van der Waals surface area (Å²) in [4.78, 5) is 79.0. The summed E-state index contributed by atoms with van der Waals surface area (Å²) in [6.07, 6.45) is 0. The number of Topliss-reactive ketones (excluding diaryl/α,β-unsaturated/α-hetero) is 2. The number of hydrogen-bond acceptors (Lipinski definition) is 12. The highest BCUT2D eigenvalue weighted by Crippen LogP contribution is 2.32. The van der Waals surface area contributed by atoms with Crippen molar-refractivity contribution in [3.8, 4) is 11.5 Å². The van der Waals surface area contributed by atoms with Crippen molar-refractivity contribution in [1.82, 2.24) is 0 Å². The molecule has 0 aliphatic carbocycles. The van der Waals surface area contributed by atoms with Crippen LogP contribution in [0.5, 0.6) is 11.5 Å². The molecule has 0 radical (unpaired) electrons. The van der Waals surface area contributed by atoms with E-state index in [1.165, 1.54) is 54.6 Å². The number of azo groups is 2. The molecule has 21 heteroatoms. The molecule has 5 aromatic rings. The smallest absolute Gasteiger partial charge is 0.258 e. The van der Waals surface area contributed by atoms with Crippen LogP contribution in [0.25, 0.3) is 0 Å². The number of ketones is 2. The van der Waals surface area contributed by atoms with E-state index in [1.54, 1.807) is 50.2 Å². The van der Waals surface area contributed by atoms with Crippen LogP contribution in [0.15, 0.2) is 111 Å². The molecule has 0 aliphatic rings. The highest BCUT2D eigenvalue weighted by Gasteiger charge is 2.26. The zero-order valence-electron chi connectivity index (χ0n) is 38.5. The minimum atomic E-state index is -1.62. The van der Waals surface area contributed by atoms with Crippen LogP contribution in [0, 0.1) is 0 Å². The fourth-order valence-corrected chi connectivity index (χ4v) is 7.32. The van der Waals surface area contributed by atoms with Crippen LogP contribution in [0.2, 0.25) is 10.0 Å². The lowest BCUT2D eigenvalue weighted by atomic mass is 10.1. The average Bonchev–Trinajstić information content (AvgIpc) is 3.30. The number of nitrogens with one attached hydrogen (secondary N) is 4. The molecule has 0 bridgehead atoms. The van der Waals surface area contributed by atoms with Gasteiger partial charge in [-0.25, -0.2) is 0 Å². The molecule has 4 amide bonds. The minimum Gasteiger partial charge on any atom is -0.494 e. The van der Waals surface area contributed by atoms with E-state index in [-0.39, 0.29) is 60.6 Å². The molecule has 0 aliphatic heterocycles. The number of ether oxygens (including phenoxy) is 2. The molecule has 0 fully saturated rings. The molecule has 366 valence electrons. The quantitative estimate of drug-likeness (QED) is 0.0314. The zero-order valence-corrected chi connectivity index (χ0v) is 42.3. The highest BCUT2D eigenvalue weighted by atomic mass is 35.5. The molecule has 5 aromatic carbocycles. The summed E-state index contributed by atoms with van der Waals surface area (Å²) in [6, 6.07) is 19.8. The Balaban J connectivity index is 1.26.